The van der Waals surface area contributed by atoms with E-state index in [0.29, 0.717) is 29.0 Å². The molecule has 3 aliphatic rings. The Labute approximate surface area is 223 Å². The van der Waals surface area contributed by atoms with E-state index in [1.54, 1.807) is 10.8 Å². The number of hydrogen-bond acceptors (Lipinski definition) is 8. The first-order valence-electron chi connectivity index (χ1n) is 14.1. The number of aromatic nitrogens is 4. The number of aryl methyl sites for hydroxylation is 1. The lowest BCUT2D eigenvalue weighted by Gasteiger charge is -2.23. The maximum atomic E-state index is 13.4. The van der Waals surface area contributed by atoms with Crippen LogP contribution in [0, 0.1) is 6.92 Å². The van der Waals surface area contributed by atoms with Crippen LogP contribution in [0.5, 0.6) is 0 Å². The van der Waals surface area contributed by atoms with Gasteiger partial charge in [0.15, 0.2) is 5.78 Å². The number of carbonyl (C=O) groups is 1. The first-order chi connectivity index (χ1) is 18.5. The Bertz CT molecular complexity index is 1390. The van der Waals surface area contributed by atoms with Gasteiger partial charge in [-0.05, 0) is 76.2 Å². The first kappa shape index (κ1) is 25.1. The Morgan fingerprint density at radius 1 is 1.00 bits per heavy atom. The number of hydrogen-bond donors (Lipinski definition) is 1. The van der Waals surface area contributed by atoms with Crippen LogP contribution in [0.25, 0.3) is 11.0 Å². The number of likely N-dealkylation sites (tertiary alicyclic amines) is 2. The van der Waals surface area contributed by atoms with Crippen LogP contribution < -0.4 is 10.9 Å². The lowest BCUT2D eigenvalue weighted by Crippen LogP contribution is -2.35. The highest BCUT2D eigenvalue weighted by molar-refractivity contribution is 5.99. The first-order valence-corrected chi connectivity index (χ1v) is 14.1. The Kier molecular flexibility index (Phi) is 6.97. The monoisotopic (exact) mass is 515 g/mol. The summed E-state index contributed by atoms with van der Waals surface area (Å²) in [5, 5.41) is 3.96. The molecule has 1 saturated carbocycles. The van der Waals surface area contributed by atoms with E-state index in [4.69, 9.17) is 4.98 Å². The number of pyridine rings is 2. The van der Waals surface area contributed by atoms with Gasteiger partial charge in [0, 0.05) is 49.5 Å². The minimum atomic E-state index is -0.240. The topological polar surface area (TPSA) is 96.2 Å². The molecular formula is C29H37N7O2. The fraction of sp³-hybridized carbons (Fsp3) is 0.552. The van der Waals surface area contributed by atoms with Crippen molar-refractivity contribution in [2.75, 3.05) is 31.5 Å². The van der Waals surface area contributed by atoms with Gasteiger partial charge in [-0.15, -0.1) is 0 Å². The minimum Gasteiger partial charge on any atom is -0.309 e. The summed E-state index contributed by atoms with van der Waals surface area (Å²) in [5.74, 6) is 0.844. The zero-order valence-electron chi connectivity index (χ0n) is 22.4. The number of ketones is 1. The molecule has 200 valence electrons. The van der Waals surface area contributed by atoms with Gasteiger partial charge in [-0.2, -0.15) is 4.98 Å². The van der Waals surface area contributed by atoms with Crippen molar-refractivity contribution in [1.29, 1.82) is 0 Å². The van der Waals surface area contributed by atoms with Gasteiger partial charge in [0.2, 0.25) is 5.95 Å². The van der Waals surface area contributed by atoms with E-state index in [1.807, 2.05) is 19.2 Å². The highest BCUT2D eigenvalue weighted by Crippen LogP contribution is 2.32. The molecule has 2 saturated heterocycles. The average molecular weight is 516 g/mol. The van der Waals surface area contributed by atoms with Gasteiger partial charge in [0.05, 0.1) is 5.56 Å². The Hall–Kier alpha value is -3.17. The Morgan fingerprint density at radius 2 is 1.79 bits per heavy atom. The van der Waals surface area contributed by atoms with Gasteiger partial charge in [-0.3, -0.25) is 24.0 Å². The largest absolute Gasteiger partial charge is 0.309 e. The minimum absolute atomic E-state index is 0.0551. The molecule has 0 aromatic carbocycles. The molecule has 9 nitrogen and oxygen atoms in total. The fourth-order valence-corrected chi connectivity index (χ4v) is 6.63. The highest BCUT2D eigenvalue weighted by atomic mass is 16.1. The van der Waals surface area contributed by atoms with Crippen molar-refractivity contribution in [2.24, 2.45) is 0 Å². The molecular weight excluding hydrogens is 478 g/mol. The lowest BCUT2D eigenvalue weighted by molar-refractivity contribution is 0.101. The molecule has 0 radical (unpaired) electrons. The number of rotatable bonds is 7. The highest BCUT2D eigenvalue weighted by Gasteiger charge is 2.29. The van der Waals surface area contributed by atoms with E-state index in [2.05, 4.69) is 31.2 Å². The number of Topliss-reactive ketones (excluding diaryl/α,β-unsaturated/α-hetero) is 1. The predicted octanol–water partition coefficient (Wildman–Crippen LogP) is 4.23. The van der Waals surface area contributed by atoms with Crippen molar-refractivity contribution in [2.45, 2.75) is 77.4 Å². The van der Waals surface area contributed by atoms with Crippen LogP contribution in [0.15, 0.2) is 29.3 Å². The number of carbonyl (C=O) groups excluding carboxylic acids is 1. The summed E-state index contributed by atoms with van der Waals surface area (Å²) in [7, 11) is 0. The molecule has 0 amide bonds. The van der Waals surface area contributed by atoms with E-state index < -0.39 is 0 Å². The van der Waals surface area contributed by atoms with Gasteiger partial charge in [-0.1, -0.05) is 18.9 Å². The summed E-state index contributed by atoms with van der Waals surface area (Å²) in [4.78, 5) is 44.8. The molecule has 1 aliphatic carbocycles. The normalized spacial score (nSPS) is 21.1. The van der Waals surface area contributed by atoms with Crippen LogP contribution >= 0.6 is 0 Å². The zero-order chi connectivity index (χ0) is 26.2. The lowest BCUT2D eigenvalue weighted by atomic mass is 10.0. The summed E-state index contributed by atoms with van der Waals surface area (Å²) >= 11 is 0. The average Bonchev–Trinajstić information content (AvgIpc) is 3.68. The van der Waals surface area contributed by atoms with Crippen LogP contribution in [0.4, 0.5) is 11.8 Å². The molecule has 6 rings (SSSR count). The third-order valence-electron chi connectivity index (χ3n) is 8.63. The van der Waals surface area contributed by atoms with Crippen LogP contribution in [-0.2, 0) is 6.54 Å². The van der Waals surface area contributed by atoms with Gasteiger partial charge in [-0.25, -0.2) is 9.97 Å². The van der Waals surface area contributed by atoms with Crippen molar-refractivity contribution < 1.29 is 4.79 Å². The van der Waals surface area contributed by atoms with Crippen molar-refractivity contribution in [1.82, 2.24) is 29.3 Å². The maximum Gasteiger partial charge on any atom is 0.263 e. The van der Waals surface area contributed by atoms with E-state index in [9.17, 15) is 9.59 Å². The molecule has 5 heterocycles. The van der Waals surface area contributed by atoms with Gasteiger partial charge in [0.25, 0.3) is 5.56 Å². The third-order valence-corrected chi connectivity index (χ3v) is 8.63. The van der Waals surface area contributed by atoms with Gasteiger partial charge >= 0.3 is 0 Å². The van der Waals surface area contributed by atoms with Crippen LogP contribution in [0.2, 0.25) is 0 Å². The number of nitrogens with one attached hydrogen (secondary N) is 1. The quantitative estimate of drug-likeness (QED) is 0.467. The smallest absolute Gasteiger partial charge is 0.263 e. The molecule has 3 fully saturated rings. The third kappa shape index (κ3) is 4.85. The van der Waals surface area contributed by atoms with Gasteiger partial charge < -0.3 is 5.32 Å². The number of fused-ring (bicyclic) bond motifs is 1. The van der Waals surface area contributed by atoms with E-state index in [1.165, 1.54) is 44.8 Å². The molecule has 3 aromatic heterocycles. The number of nitrogens with zero attached hydrogens (tertiary/aromatic N) is 6. The molecule has 0 spiro atoms. The van der Waals surface area contributed by atoms with Crippen molar-refractivity contribution >= 4 is 28.6 Å². The second-order valence-electron chi connectivity index (χ2n) is 11.2. The van der Waals surface area contributed by atoms with Crippen molar-refractivity contribution in [3.05, 3.63) is 51.6 Å². The second kappa shape index (κ2) is 10.5. The molecule has 2 aliphatic heterocycles. The van der Waals surface area contributed by atoms with Crippen LogP contribution in [0.3, 0.4) is 0 Å². The fourth-order valence-electron chi connectivity index (χ4n) is 6.63. The number of anilines is 2. The van der Waals surface area contributed by atoms with Gasteiger partial charge in [0.1, 0.15) is 11.5 Å². The van der Waals surface area contributed by atoms with E-state index in [0.717, 1.165) is 50.7 Å². The maximum absolute atomic E-state index is 13.4. The Balaban J connectivity index is 1.21. The molecule has 1 N–H and O–H groups in total. The van der Waals surface area contributed by atoms with Crippen LogP contribution in [-0.4, -0.2) is 67.3 Å². The molecule has 0 bridgehead atoms. The summed E-state index contributed by atoms with van der Waals surface area (Å²) in [5.41, 5.74) is 2.43. The molecule has 38 heavy (non-hydrogen) atoms. The molecule has 9 heteroatoms. The SMILES string of the molecule is CC(=O)c1c(C)c2cnc(Nc3ccc(CN4CC[C@H](N5CCCC5)C4)cn3)nc2n(C2CCCC2)c1=O. The predicted molar refractivity (Wildman–Crippen MR) is 148 cm³/mol. The molecule has 0 unspecified atom stereocenters. The summed E-state index contributed by atoms with van der Waals surface area (Å²) in [6.07, 6.45) is 11.6. The summed E-state index contributed by atoms with van der Waals surface area (Å²) in [6.45, 7) is 8.96. The van der Waals surface area contributed by atoms with E-state index >= 15 is 0 Å². The molecule has 3 aromatic rings. The molecule has 1 atom stereocenters. The second-order valence-corrected chi connectivity index (χ2v) is 11.2. The standard InChI is InChI=1S/C29H37N7O2/c1-19-24-16-31-29(33-27(24)36(22-7-3-4-8-22)28(38)26(19)20(2)37)32-25-10-9-21(15-30-25)17-34-14-11-23(18-34)35-12-5-6-13-35/h9-10,15-16,22-23H,3-8,11-14,17-18H2,1-2H3,(H,30,31,32,33)/t23-/m0/s1. The Morgan fingerprint density at radius 3 is 2.50 bits per heavy atom. The van der Waals surface area contributed by atoms with Crippen molar-refractivity contribution in [3.8, 4) is 0 Å². The van der Waals surface area contributed by atoms with E-state index in [-0.39, 0.29) is 22.9 Å². The summed E-state index contributed by atoms with van der Waals surface area (Å²) < 4.78 is 1.74. The van der Waals surface area contributed by atoms with Crippen molar-refractivity contribution in [3.63, 3.8) is 0 Å². The van der Waals surface area contributed by atoms with Crippen LogP contribution in [0.1, 0.15) is 79.4 Å². The summed E-state index contributed by atoms with van der Waals surface area (Å²) in [6, 6.07) is 4.83. The zero-order valence-corrected chi connectivity index (χ0v) is 22.4.